The second-order valence-corrected chi connectivity index (χ2v) is 9.01. The van der Waals surface area contributed by atoms with E-state index in [2.05, 4.69) is 0 Å². The maximum Gasteiger partial charge on any atom is 0.409 e. The van der Waals surface area contributed by atoms with Crippen molar-refractivity contribution in [2.24, 2.45) is 0 Å². The number of ether oxygens (including phenoxy) is 1. The van der Waals surface area contributed by atoms with Crippen LogP contribution in [-0.4, -0.2) is 65.3 Å². The minimum absolute atomic E-state index is 0.104. The van der Waals surface area contributed by atoms with Crippen molar-refractivity contribution in [2.75, 3.05) is 38.5 Å². The predicted molar refractivity (Wildman–Crippen MR) is 119 cm³/mol. The number of hydrogen-bond donors (Lipinski definition) is 0. The molecule has 0 spiro atoms. The number of aromatic nitrogens is 1. The molecule has 1 aromatic heterocycles. The maximum absolute atomic E-state index is 12.9. The average molecular weight is 448 g/mol. The van der Waals surface area contributed by atoms with E-state index in [1.807, 2.05) is 23.1 Å². The number of benzene rings is 1. The molecule has 0 unspecified atom stereocenters. The first-order chi connectivity index (χ1) is 14.6. The van der Waals surface area contributed by atoms with Gasteiger partial charge in [0.2, 0.25) is 5.91 Å². The molecule has 0 atom stereocenters. The van der Waals surface area contributed by atoms with Crippen LogP contribution in [-0.2, 0) is 22.4 Å². The topological polar surface area (TPSA) is 62.7 Å². The van der Waals surface area contributed by atoms with E-state index in [0.717, 1.165) is 42.3 Å². The summed E-state index contributed by atoms with van der Waals surface area (Å²) < 4.78 is 5.05. The van der Waals surface area contributed by atoms with Crippen LogP contribution in [0.5, 0.6) is 0 Å². The summed E-state index contributed by atoms with van der Waals surface area (Å²) in [6.45, 7) is 4.28. The molecule has 1 aromatic carbocycles. The summed E-state index contributed by atoms with van der Waals surface area (Å²) in [7, 11) is 0. The molecule has 1 aliphatic carbocycles. The molecule has 2 heterocycles. The number of carbonyl (C=O) groups is 2. The Labute approximate surface area is 185 Å². The van der Waals surface area contributed by atoms with Gasteiger partial charge in [-0.1, -0.05) is 17.7 Å². The van der Waals surface area contributed by atoms with Crippen molar-refractivity contribution in [1.82, 2.24) is 14.8 Å². The molecule has 8 heteroatoms. The van der Waals surface area contributed by atoms with E-state index in [1.165, 1.54) is 10.5 Å². The number of rotatable bonds is 4. The summed E-state index contributed by atoms with van der Waals surface area (Å²) in [5.74, 6) is 0.486. The minimum Gasteiger partial charge on any atom is -0.450 e. The van der Waals surface area contributed by atoms with Crippen molar-refractivity contribution in [3.05, 3.63) is 34.5 Å². The number of halogens is 1. The second-order valence-electron chi connectivity index (χ2n) is 7.59. The van der Waals surface area contributed by atoms with Crippen molar-refractivity contribution >= 4 is 46.3 Å². The first-order valence-corrected chi connectivity index (χ1v) is 11.9. The van der Waals surface area contributed by atoms with Crippen LogP contribution >= 0.6 is 23.4 Å². The molecule has 160 valence electrons. The van der Waals surface area contributed by atoms with Crippen LogP contribution in [0, 0.1) is 0 Å². The van der Waals surface area contributed by atoms with E-state index in [0.29, 0.717) is 43.6 Å². The Bertz CT molecular complexity index is 960. The highest BCUT2D eigenvalue weighted by Crippen LogP contribution is 2.37. The van der Waals surface area contributed by atoms with Crippen molar-refractivity contribution < 1.29 is 14.3 Å². The molecule has 1 saturated heterocycles. The van der Waals surface area contributed by atoms with Crippen LogP contribution in [0.3, 0.4) is 0 Å². The van der Waals surface area contributed by atoms with E-state index in [9.17, 15) is 9.59 Å². The minimum atomic E-state index is -0.299. The highest BCUT2D eigenvalue weighted by atomic mass is 35.5. The first-order valence-electron chi connectivity index (χ1n) is 10.5. The van der Waals surface area contributed by atoms with Crippen LogP contribution in [0.15, 0.2) is 23.1 Å². The van der Waals surface area contributed by atoms with Gasteiger partial charge in [-0.15, -0.1) is 11.8 Å². The molecule has 4 rings (SSSR count). The Hall–Kier alpha value is -1.99. The van der Waals surface area contributed by atoms with Gasteiger partial charge in [-0.2, -0.15) is 0 Å². The summed E-state index contributed by atoms with van der Waals surface area (Å²) in [4.78, 5) is 34.2. The Morgan fingerprint density at radius 1 is 1.13 bits per heavy atom. The monoisotopic (exact) mass is 447 g/mol. The fourth-order valence-corrected chi connectivity index (χ4v) is 5.44. The molecule has 2 aromatic rings. The number of hydrogen-bond acceptors (Lipinski definition) is 5. The second kappa shape index (κ2) is 9.43. The summed E-state index contributed by atoms with van der Waals surface area (Å²) >= 11 is 7.80. The lowest BCUT2D eigenvalue weighted by Crippen LogP contribution is -2.51. The van der Waals surface area contributed by atoms with Crippen molar-refractivity contribution in [1.29, 1.82) is 0 Å². The highest BCUT2D eigenvalue weighted by Gasteiger charge is 2.26. The standard InChI is InChI=1S/C22H26ClN3O3S/c1-2-29-22(28)26-11-9-25(10-12-26)20(27)14-30-21-16-5-3-4-6-18(16)24-19-13-15(23)7-8-17(19)21/h7-8,13H,2-6,9-12,14H2,1H3. The van der Waals surface area contributed by atoms with E-state index in [4.69, 9.17) is 21.3 Å². The van der Waals surface area contributed by atoms with Crippen molar-refractivity contribution in [3.63, 3.8) is 0 Å². The molecule has 2 aliphatic rings. The summed E-state index contributed by atoms with van der Waals surface area (Å²) in [5, 5.41) is 1.75. The predicted octanol–water partition coefficient (Wildman–Crippen LogP) is 4.16. The Balaban J connectivity index is 1.46. The summed E-state index contributed by atoms with van der Waals surface area (Å²) in [5.41, 5.74) is 3.34. The van der Waals surface area contributed by atoms with Gasteiger partial charge in [-0.05, 0) is 50.3 Å². The van der Waals surface area contributed by atoms with Gasteiger partial charge in [0.05, 0.1) is 17.9 Å². The Morgan fingerprint density at radius 2 is 1.87 bits per heavy atom. The zero-order chi connectivity index (χ0) is 21.1. The zero-order valence-corrected chi connectivity index (χ0v) is 18.7. The third-order valence-electron chi connectivity index (χ3n) is 5.67. The van der Waals surface area contributed by atoms with E-state index in [1.54, 1.807) is 23.6 Å². The lowest BCUT2D eigenvalue weighted by atomic mass is 9.94. The van der Waals surface area contributed by atoms with Gasteiger partial charge in [0, 0.05) is 47.2 Å². The molecular weight excluding hydrogens is 422 g/mol. The number of aryl methyl sites for hydroxylation is 1. The van der Waals surface area contributed by atoms with E-state index in [-0.39, 0.29) is 12.0 Å². The van der Waals surface area contributed by atoms with Crippen molar-refractivity contribution in [3.8, 4) is 0 Å². The normalized spacial score (nSPS) is 16.5. The van der Waals surface area contributed by atoms with Gasteiger partial charge in [-0.3, -0.25) is 9.78 Å². The number of carbonyl (C=O) groups excluding carboxylic acids is 2. The Morgan fingerprint density at radius 3 is 2.63 bits per heavy atom. The van der Waals surface area contributed by atoms with E-state index >= 15 is 0 Å². The van der Waals surface area contributed by atoms with Crippen LogP contribution in [0.25, 0.3) is 10.9 Å². The number of piperazine rings is 1. The number of pyridine rings is 1. The number of nitrogens with zero attached hydrogens (tertiary/aromatic N) is 3. The molecule has 30 heavy (non-hydrogen) atoms. The quantitative estimate of drug-likeness (QED) is 0.658. The fraction of sp³-hybridized carbons (Fsp3) is 0.500. The summed E-state index contributed by atoms with van der Waals surface area (Å²) in [6, 6.07) is 5.82. The number of amides is 2. The average Bonchev–Trinajstić information content (AvgIpc) is 2.76. The molecular formula is C22H26ClN3O3S. The molecule has 1 aliphatic heterocycles. The highest BCUT2D eigenvalue weighted by molar-refractivity contribution is 8.00. The molecule has 2 amide bonds. The number of fused-ring (bicyclic) bond motifs is 2. The lowest BCUT2D eigenvalue weighted by molar-refractivity contribution is -0.129. The third kappa shape index (κ3) is 4.52. The maximum atomic E-state index is 12.9. The van der Waals surface area contributed by atoms with Crippen LogP contribution < -0.4 is 0 Å². The Kier molecular flexibility index (Phi) is 6.68. The lowest BCUT2D eigenvalue weighted by Gasteiger charge is -2.34. The third-order valence-corrected chi connectivity index (χ3v) is 7.05. The largest absolute Gasteiger partial charge is 0.450 e. The smallest absolute Gasteiger partial charge is 0.409 e. The van der Waals surface area contributed by atoms with Crippen LogP contribution in [0.2, 0.25) is 5.02 Å². The number of thioether (sulfide) groups is 1. The molecule has 0 bridgehead atoms. The molecule has 0 saturated carbocycles. The fourth-order valence-electron chi connectivity index (χ4n) is 4.10. The molecule has 6 nitrogen and oxygen atoms in total. The SMILES string of the molecule is CCOC(=O)N1CCN(C(=O)CSc2c3c(nc4cc(Cl)ccc24)CCCC3)CC1. The summed E-state index contributed by atoms with van der Waals surface area (Å²) in [6.07, 6.45) is 4.00. The van der Waals surface area contributed by atoms with Gasteiger partial charge in [0.25, 0.3) is 0 Å². The molecule has 0 radical (unpaired) electrons. The van der Waals surface area contributed by atoms with Crippen molar-refractivity contribution in [2.45, 2.75) is 37.5 Å². The van der Waals surface area contributed by atoms with Gasteiger partial charge < -0.3 is 14.5 Å². The first kappa shape index (κ1) is 21.2. The van der Waals surface area contributed by atoms with E-state index < -0.39 is 0 Å². The van der Waals surface area contributed by atoms with Gasteiger partial charge in [0.1, 0.15) is 0 Å². The molecule has 0 N–H and O–H groups in total. The van der Waals surface area contributed by atoms with Gasteiger partial charge >= 0.3 is 6.09 Å². The van der Waals surface area contributed by atoms with Crippen LogP contribution in [0.1, 0.15) is 31.0 Å². The zero-order valence-electron chi connectivity index (χ0n) is 17.2. The van der Waals surface area contributed by atoms with Gasteiger partial charge in [0.15, 0.2) is 0 Å². The van der Waals surface area contributed by atoms with Crippen LogP contribution in [0.4, 0.5) is 4.79 Å². The van der Waals surface area contributed by atoms with Gasteiger partial charge in [-0.25, -0.2) is 4.79 Å². The molecule has 1 fully saturated rings.